The van der Waals surface area contributed by atoms with E-state index in [0.717, 1.165) is 11.6 Å². The average Bonchev–Trinajstić information content (AvgIpc) is 2.97. The van der Waals surface area contributed by atoms with Crippen LogP contribution in [0.3, 0.4) is 0 Å². The number of benzene rings is 3. The second-order valence-corrected chi connectivity index (χ2v) is 9.81. The minimum atomic E-state index is -0.274. The van der Waals surface area contributed by atoms with Gasteiger partial charge in [0.1, 0.15) is 0 Å². The third-order valence-corrected chi connectivity index (χ3v) is 8.60. The lowest BCUT2D eigenvalue weighted by molar-refractivity contribution is 0.593. The Kier molecular flexibility index (Phi) is 5.82. The van der Waals surface area contributed by atoms with E-state index < -0.39 is 0 Å². The summed E-state index contributed by atoms with van der Waals surface area (Å²) in [6, 6.07) is 33.6. The first kappa shape index (κ1) is 17.5. The molecule has 1 heteroatoms. The van der Waals surface area contributed by atoms with Crippen molar-refractivity contribution in [3.63, 3.8) is 0 Å². The van der Waals surface area contributed by atoms with Gasteiger partial charge in [0.2, 0.25) is 0 Å². The fourth-order valence-corrected chi connectivity index (χ4v) is 7.32. The van der Waals surface area contributed by atoms with Crippen LogP contribution in [-0.4, -0.2) is 5.66 Å². The van der Waals surface area contributed by atoms with Crippen molar-refractivity contribution < 1.29 is 0 Å². The summed E-state index contributed by atoms with van der Waals surface area (Å²) in [5, 5.41) is 3.08. The van der Waals surface area contributed by atoms with E-state index >= 15 is 0 Å². The Morgan fingerprint density at radius 2 is 1.08 bits per heavy atom. The minimum absolute atomic E-state index is 0.274. The van der Waals surface area contributed by atoms with Crippen LogP contribution in [0.4, 0.5) is 0 Å². The number of rotatable bonds is 4. The third-order valence-electron chi connectivity index (χ3n) is 5.64. The maximum Gasteiger partial charge on any atom is -0.0129 e. The first-order chi connectivity index (χ1) is 12.9. The highest BCUT2D eigenvalue weighted by Crippen LogP contribution is 2.47. The van der Waals surface area contributed by atoms with E-state index in [2.05, 4.69) is 91.0 Å². The molecule has 1 aliphatic rings. The highest BCUT2D eigenvalue weighted by atomic mass is 31.1. The second kappa shape index (κ2) is 8.65. The number of hydrogen-bond acceptors (Lipinski definition) is 0. The zero-order valence-electron chi connectivity index (χ0n) is 15.3. The van der Waals surface area contributed by atoms with Gasteiger partial charge in [-0.05, 0) is 61.4 Å². The standard InChI is InChI=1S/C25H27P/c1-4-11-21(12-5-1)22-13-10-18-25(20-19-22)26(23-14-6-2-7-15-23)24-16-8-3-9-17-24/h1-9,11-12,14-17,22,25H,10,13,18-20H2/t22-,25?/m1/s1. The van der Waals surface area contributed by atoms with E-state index in [1.807, 2.05) is 0 Å². The van der Waals surface area contributed by atoms with Gasteiger partial charge in [0.15, 0.2) is 0 Å². The SMILES string of the molecule is c1ccc([C@@H]2CCCC(P(c3ccccc3)c3ccccc3)CC2)cc1. The lowest BCUT2D eigenvalue weighted by Gasteiger charge is -2.28. The Hall–Kier alpha value is -1.91. The minimum Gasteiger partial charge on any atom is -0.0622 e. The lowest BCUT2D eigenvalue weighted by Crippen LogP contribution is -2.21. The van der Waals surface area contributed by atoms with Crippen LogP contribution in [0.15, 0.2) is 91.0 Å². The van der Waals surface area contributed by atoms with Gasteiger partial charge in [-0.2, -0.15) is 0 Å². The monoisotopic (exact) mass is 358 g/mol. The van der Waals surface area contributed by atoms with Crippen molar-refractivity contribution in [2.45, 2.75) is 43.7 Å². The molecule has 0 amide bonds. The molecule has 0 aromatic heterocycles. The Morgan fingerprint density at radius 1 is 0.538 bits per heavy atom. The van der Waals surface area contributed by atoms with Gasteiger partial charge in [-0.3, -0.25) is 0 Å². The van der Waals surface area contributed by atoms with Crippen molar-refractivity contribution >= 4 is 18.5 Å². The van der Waals surface area contributed by atoms with E-state index in [4.69, 9.17) is 0 Å². The van der Waals surface area contributed by atoms with Gasteiger partial charge in [0.05, 0.1) is 0 Å². The largest absolute Gasteiger partial charge is 0.0622 e. The molecule has 0 nitrogen and oxygen atoms in total. The molecule has 1 fully saturated rings. The third kappa shape index (κ3) is 4.08. The van der Waals surface area contributed by atoms with Gasteiger partial charge < -0.3 is 0 Å². The van der Waals surface area contributed by atoms with Gasteiger partial charge in [0.25, 0.3) is 0 Å². The quantitative estimate of drug-likeness (QED) is 0.383. The number of hydrogen-bond donors (Lipinski definition) is 0. The van der Waals surface area contributed by atoms with E-state index in [0.29, 0.717) is 0 Å². The van der Waals surface area contributed by atoms with Gasteiger partial charge in [0, 0.05) is 0 Å². The first-order valence-corrected chi connectivity index (χ1v) is 11.3. The van der Waals surface area contributed by atoms with Crippen molar-refractivity contribution in [3.8, 4) is 0 Å². The van der Waals surface area contributed by atoms with Gasteiger partial charge >= 0.3 is 0 Å². The van der Waals surface area contributed by atoms with E-state index in [9.17, 15) is 0 Å². The van der Waals surface area contributed by atoms with Crippen LogP contribution >= 0.6 is 7.92 Å². The molecule has 0 radical (unpaired) electrons. The van der Waals surface area contributed by atoms with Crippen molar-refractivity contribution in [2.75, 3.05) is 0 Å². The van der Waals surface area contributed by atoms with Gasteiger partial charge in [-0.25, -0.2) is 0 Å². The van der Waals surface area contributed by atoms with Crippen LogP contribution < -0.4 is 10.6 Å². The first-order valence-electron chi connectivity index (χ1n) is 9.86. The Bertz CT molecular complexity index is 743. The molecular weight excluding hydrogens is 331 g/mol. The second-order valence-electron chi connectivity index (χ2n) is 7.31. The van der Waals surface area contributed by atoms with Crippen molar-refractivity contribution in [2.24, 2.45) is 0 Å². The van der Waals surface area contributed by atoms with E-state index in [1.165, 1.54) is 48.3 Å². The highest BCUT2D eigenvalue weighted by molar-refractivity contribution is 7.73. The molecule has 3 aromatic carbocycles. The molecule has 4 rings (SSSR count). The molecule has 0 aliphatic heterocycles. The fraction of sp³-hybridized carbons (Fsp3) is 0.280. The van der Waals surface area contributed by atoms with Crippen molar-refractivity contribution in [3.05, 3.63) is 96.6 Å². The summed E-state index contributed by atoms with van der Waals surface area (Å²) in [7, 11) is -0.274. The molecule has 1 aliphatic carbocycles. The molecule has 132 valence electrons. The van der Waals surface area contributed by atoms with Gasteiger partial charge in [-0.1, -0.05) is 97.4 Å². The molecule has 2 atom stereocenters. The summed E-state index contributed by atoms with van der Waals surface area (Å²) in [5.41, 5.74) is 2.33. The molecule has 0 saturated heterocycles. The van der Waals surface area contributed by atoms with Crippen LogP contribution in [0, 0.1) is 0 Å². The maximum absolute atomic E-state index is 2.35. The Morgan fingerprint density at radius 3 is 1.65 bits per heavy atom. The van der Waals surface area contributed by atoms with Crippen LogP contribution in [0.5, 0.6) is 0 Å². The van der Waals surface area contributed by atoms with E-state index in [1.54, 1.807) is 0 Å². The zero-order chi connectivity index (χ0) is 17.6. The van der Waals surface area contributed by atoms with Crippen LogP contribution in [-0.2, 0) is 0 Å². The molecule has 1 unspecified atom stereocenters. The summed E-state index contributed by atoms with van der Waals surface area (Å²) < 4.78 is 0. The molecular formula is C25H27P. The predicted octanol–water partition coefficient (Wildman–Crippen LogP) is 6.24. The molecule has 0 bridgehead atoms. The fourth-order valence-electron chi connectivity index (χ4n) is 4.35. The summed E-state index contributed by atoms with van der Waals surface area (Å²) in [4.78, 5) is 0. The Balaban J connectivity index is 1.58. The summed E-state index contributed by atoms with van der Waals surface area (Å²) in [5.74, 6) is 0.740. The molecule has 26 heavy (non-hydrogen) atoms. The maximum atomic E-state index is 2.35. The lowest BCUT2D eigenvalue weighted by atomic mass is 9.92. The van der Waals surface area contributed by atoms with Crippen LogP contribution in [0.1, 0.15) is 43.6 Å². The normalized spacial score (nSPS) is 20.7. The predicted molar refractivity (Wildman–Crippen MR) is 115 cm³/mol. The highest BCUT2D eigenvalue weighted by Gasteiger charge is 2.28. The topological polar surface area (TPSA) is 0 Å². The zero-order valence-corrected chi connectivity index (χ0v) is 16.2. The molecule has 0 heterocycles. The molecule has 3 aromatic rings. The molecule has 1 saturated carbocycles. The summed E-state index contributed by atoms with van der Waals surface area (Å²) >= 11 is 0. The van der Waals surface area contributed by atoms with Crippen LogP contribution in [0.25, 0.3) is 0 Å². The summed E-state index contributed by atoms with van der Waals surface area (Å²) in [6.07, 6.45) is 6.72. The summed E-state index contributed by atoms with van der Waals surface area (Å²) in [6.45, 7) is 0. The Labute approximate surface area is 159 Å². The van der Waals surface area contributed by atoms with Crippen molar-refractivity contribution in [1.82, 2.24) is 0 Å². The molecule has 0 spiro atoms. The van der Waals surface area contributed by atoms with Crippen LogP contribution in [0.2, 0.25) is 0 Å². The smallest absolute Gasteiger partial charge is 0.0129 e. The van der Waals surface area contributed by atoms with Crippen molar-refractivity contribution in [1.29, 1.82) is 0 Å². The van der Waals surface area contributed by atoms with Gasteiger partial charge in [-0.15, -0.1) is 0 Å². The molecule has 0 N–H and O–H groups in total. The van der Waals surface area contributed by atoms with E-state index in [-0.39, 0.29) is 7.92 Å². The average molecular weight is 358 g/mol.